The van der Waals surface area contributed by atoms with Crippen molar-refractivity contribution < 1.29 is 29.1 Å². The van der Waals surface area contributed by atoms with Gasteiger partial charge in [-0.1, -0.05) is 0 Å². The van der Waals surface area contributed by atoms with Crippen molar-refractivity contribution in [3.8, 4) is 0 Å². The first-order valence-corrected chi connectivity index (χ1v) is 9.05. The monoisotopic (exact) mass is 403 g/mol. The number of primary amides is 1. The van der Waals surface area contributed by atoms with Gasteiger partial charge in [0.2, 0.25) is 23.6 Å². The minimum atomic E-state index is -1.23. The van der Waals surface area contributed by atoms with Crippen molar-refractivity contribution in [2.45, 2.75) is 43.8 Å². The van der Waals surface area contributed by atoms with Crippen molar-refractivity contribution in [2.75, 3.05) is 18.8 Å². The average Bonchev–Trinajstić information content (AvgIpc) is 3.10. The van der Waals surface area contributed by atoms with E-state index in [4.69, 9.17) is 16.6 Å². The van der Waals surface area contributed by atoms with Gasteiger partial charge in [0.25, 0.3) is 0 Å². The number of nitrogens with two attached hydrogens (primary N) is 2. The summed E-state index contributed by atoms with van der Waals surface area (Å²) in [5, 5.41) is 13.5. The summed E-state index contributed by atoms with van der Waals surface area (Å²) in [6, 6.07) is -2.88. The van der Waals surface area contributed by atoms with E-state index in [1.165, 1.54) is 4.90 Å². The van der Waals surface area contributed by atoms with Crippen molar-refractivity contribution in [3.05, 3.63) is 0 Å². The summed E-state index contributed by atoms with van der Waals surface area (Å²) in [7, 11) is 0. The molecular weight excluding hydrogens is 378 g/mol. The predicted octanol–water partition coefficient (Wildman–Crippen LogP) is -2.81. The van der Waals surface area contributed by atoms with Gasteiger partial charge in [-0.3, -0.25) is 19.2 Å². The third kappa shape index (κ3) is 7.06. The number of likely N-dealkylation sites (tertiary alicyclic amines) is 1. The topological polar surface area (TPSA) is 185 Å². The molecule has 1 aliphatic heterocycles. The second-order valence-corrected chi connectivity index (χ2v) is 6.53. The summed E-state index contributed by atoms with van der Waals surface area (Å²) in [5.74, 6) is -3.57. The van der Waals surface area contributed by atoms with Crippen LogP contribution in [0.1, 0.15) is 25.7 Å². The zero-order valence-electron chi connectivity index (χ0n) is 14.7. The highest BCUT2D eigenvalue weighted by Gasteiger charge is 2.36. The molecule has 0 bridgehead atoms. The number of carboxylic acids is 1. The lowest BCUT2D eigenvalue weighted by molar-refractivity contribution is -0.141. The van der Waals surface area contributed by atoms with Crippen LogP contribution in [0.5, 0.6) is 0 Å². The highest BCUT2D eigenvalue weighted by Crippen LogP contribution is 2.19. The Morgan fingerprint density at radius 1 is 1.26 bits per heavy atom. The van der Waals surface area contributed by atoms with Crippen LogP contribution in [-0.2, 0) is 24.0 Å². The van der Waals surface area contributed by atoms with Crippen LogP contribution in [0.2, 0.25) is 0 Å². The van der Waals surface area contributed by atoms with E-state index in [0.717, 1.165) is 0 Å². The predicted molar refractivity (Wildman–Crippen MR) is 97.6 cm³/mol. The fourth-order valence-corrected chi connectivity index (χ4v) is 2.90. The average molecular weight is 403 g/mol. The van der Waals surface area contributed by atoms with Gasteiger partial charge in [-0.15, -0.1) is 0 Å². The van der Waals surface area contributed by atoms with Crippen molar-refractivity contribution in [1.29, 1.82) is 0 Å². The maximum atomic E-state index is 12.4. The summed E-state index contributed by atoms with van der Waals surface area (Å²) in [5.41, 5.74) is 10.8. The number of carbonyl (C=O) groups excluding carboxylic acids is 4. The van der Waals surface area contributed by atoms with Crippen LogP contribution in [-0.4, -0.2) is 76.6 Å². The van der Waals surface area contributed by atoms with Gasteiger partial charge in [0.1, 0.15) is 12.1 Å². The molecule has 12 heteroatoms. The minimum Gasteiger partial charge on any atom is -0.480 e. The number of nitrogens with zero attached hydrogens (tertiary/aromatic N) is 1. The molecule has 3 atom stereocenters. The second-order valence-electron chi connectivity index (χ2n) is 6.16. The summed E-state index contributed by atoms with van der Waals surface area (Å²) < 4.78 is 0. The lowest BCUT2D eigenvalue weighted by Gasteiger charge is -2.26. The molecule has 3 unspecified atom stereocenters. The Kier molecular flexibility index (Phi) is 9.02. The SMILES string of the molecule is NC(=O)CCC(N)C(=O)N1CCCC1C(=O)NCC(=O)NC(CS)C(=O)O. The summed E-state index contributed by atoms with van der Waals surface area (Å²) in [6.45, 7) is -0.0865. The van der Waals surface area contributed by atoms with Crippen LogP contribution in [0, 0.1) is 0 Å². The van der Waals surface area contributed by atoms with E-state index >= 15 is 0 Å². The number of thiol groups is 1. The number of aliphatic carboxylic acids is 1. The Bertz CT molecular complexity index is 601. The standard InChI is InChI=1S/C15H25N5O6S/c16-8(3-4-11(17)21)14(24)20-5-1-2-10(20)13(23)18-6-12(22)19-9(7-27)15(25)26/h8-10,27H,1-7,16H2,(H2,17,21)(H,18,23)(H,19,22)(H,25,26). The maximum Gasteiger partial charge on any atom is 0.327 e. The van der Waals surface area contributed by atoms with E-state index in [-0.39, 0.29) is 18.6 Å². The molecule has 0 aromatic rings. The van der Waals surface area contributed by atoms with E-state index in [0.29, 0.717) is 19.4 Å². The molecule has 0 spiro atoms. The van der Waals surface area contributed by atoms with Crippen molar-refractivity contribution >= 4 is 42.2 Å². The molecule has 0 aromatic carbocycles. The van der Waals surface area contributed by atoms with Gasteiger partial charge in [-0.2, -0.15) is 12.6 Å². The smallest absolute Gasteiger partial charge is 0.327 e. The minimum absolute atomic E-state index is 0.0341. The molecule has 11 nitrogen and oxygen atoms in total. The highest BCUT2D eigenvalue weighted by molar-refractivity contribution is 7.80. The molecule has 27 heavy (non-hydrogen) atoms. The number of hydrogen-bond donors (Lipinski definition) is 6. The van der Waals surface area contributed by atoms with Gasteiger partial charge in [-0.05, 0) is 19.3 Å². The van der Waals surface area contributed by atoms with E-state index in [9.17, 15) is 24.0 Å². The number of carbonyl (C=O) groups is 5. The Morgan fingerprint density at radius 3 is 2.48 bits per heavy atom. The lowest BCUT2D eigenvalue weighted by Crippen LogP contribution is -2.53. The largest absolute Gasteiger partial charge is 0.480 e. The third-order valence-corrected chi connectivity index (χ3v) is 4.46. The van der Waals surface area contributed by atoms with Crippen LogP contribution in [0.3, 0.4) is 0 Å². The second kappa shape index (κ2) is 10.7. The van der Waals surface area contributed by atoms with Crippen LogP contribution < -0.4 is 22.1 Å². The van der Waals surface area contributed by atoms with Crippen LogP contribution in [0.25, 0.3) is 0 Å². The molecule has 7 N–H and O–H groups in total. The summed E-state index contributed by atoms with van der Waals surface area (Å²) >= 11 is 3.82. The fraction of sp³-hybridized carbons (Fsp3) is 0.667. The van der Waals surface area contributed by atoms with Gasteiger partial charge >= 0.3 is 5.97 Å². The lowest BCUT2D eigenvalue weighted by atomic mass is 10.1. The van der Waals surface area contributed by atoms with Crippen molar-refractivity contribution in [2.24, 2.45) is 11.5 Å². The molecular formula is C15H25N5O6S. The Morgan fingerprint density at radius 2 is 1.93 bits per heavy atom. The molecule has 1 saturated heterocycles. The van der Waals surface area contributed by atoms with Crippen molar-refractivity contribution in [3.63, 3.8) is 0 Å². The number of amides is 4. The normalized spacial score (nSPS) is 18.4. The Hall–Kier alpha value is -2.34. The summed E-state index contributed by atoms with van der Waals surface area (Å²) in [6.07, 6.45) is 1.06. The molecule has 152 valence electrons. The van der Waals surface area contributed by atoms with E-state index in [1.54, 1.807) is 0 Å². The quantitative estimate of drug-likeness (QED) is 0.212. The van der Waals surface area contributed by atoms with E-state index in [1.807, 2.05) is 0 Å². The highest BCUT2D eigenvalue weighted by atomic mass is 32.1. The molecule has 1 fully saturated rings. The molecule has 0 radical (unpaired) electrons. The Balaban J connectivity index is 2.55. The number of carboxylic acid groups (broad SMARTS) is 1. The molecule has 4 amide bonds. The van der Waals surface area contributed by atoms with Crippen LogP contribution in [0.15, 0.2) is 0 Å². The molecule has 0 saturated carbocycles. The zero-order valence-corrected chi connectivity index (χ0v) is 15.6. The van der Waals surface area contributed by atoms with Crippen LogP contribution in [0.4, 0.5) is 0 Å². The molecule has 1 heterocycles. The molecule has 0 aliphatic carbocycles. The van der Waals surface area contributed by atoms with Gasteiger partial charge in [0, 0.05) is 18.7 Å². The number of rotatable bonds is 10. The molecule has 1 aliphatic rings. The van der Waals surface area contributed by atoms with Gasteiger partial charge in [-0.25, -0.2) is 4.79 Å². The van der Waals surface area contributed by atoms with Gasteiger partial charge in [0.05, 0.1) is 12.6 Å². The first-order chi connectivity index (χ1) is 12.7. The van der Waals surface area contributed by atoms with Gasteiger partial charge < -0.3 is 32.1 Å². The molecule has 0 aromatic heterocycles. The van der Waals surface area contributed by atoms with Crippen molar-refractivity contribution in [1.82, 2.24) is 15.5 Å². The first kappa shape index (κ1) is 22.7. The van der Waals surface area contributed by atoms with Crippen LogP contribution >= 0.6 is 12.6 Å². The maximum absolute atomic E-state index is 12.4. The first-order valence-electron chi connectivity index (χ1n) is 8.42. The van der Waals surface area contributed by atoms with E-state index < -0.39 is 54.3 Å². The molecule has 1 rings (SSSR count). The summed E-state index contributed by atoms with van der Waals surface area (Å²) in [4.78, 5) is 59.4. The van der Waals surface area contributed by atoms with Gasteiger partial charge in [0.15, 0.2) is 0 Å². The Labute approximate surface area is 161 Å². The zero-order chi connectivity index (χ0) is 20.6. The fourth-order valence-electron chi connectivity index (χ4n) is 2.65. The third-order valence-electron chi connectivity index (χ3n) is 4.10. The number of hydrogen-bond acceptors (Lipinski definition) is 7. The van der Waals surface area contributed by atoms with E-state index in [2.05, 4.69) is 23.3 Å². The number of nitrogens with one attached hydrogen (secondary N) is 2.